The van der Waals surface area contributed by atoms with Gasteiger partial charge in [-0.05, 0) is 72.9 Å². The second-order valence-corrected chi connectivity index (χ2v) is 11.5. The van der Waals surface area contributed by atoms with Crippen LogP contribution in [-0.4, -0.2) is 24.3 Å². The average molecular weight is 579 g/mol. The molecule has 1 atom stereocenters. The summed E-state index contributed by atoms with van der Waals surface area (Å²) in [6.45, 7) is 2.33. The van der Waals surface area contributed by atoms with Crippen molar-refractivity contribution in [2.75, 3.05) is 16.6 Å². The van der Waals surface area contributed by atoms with Gasteiger partial charge in [0.1, 0.15) is 17.7 Å². The molecule has 1 saturated heterocycles. The first kappa shape index (κ1) is 23.4. The predicted molar refractivity (Wildman–Crippen MR) is 127 cm³/mol. The van der Waals surface area contributed by atoms with Crippen molar-refractivity contribution < 1.29 is 21.9 Å². The van der Waals surface area contributed by atoms with E-state index in [1.54, 1.807) is 6.07 Å². The van der Waals surface area contributed by atoms with Gasteiger partial charge in [0.05, 0.1) is 16.1 Å². The molecule has 0 radical (unpaired) electrons. The lowest BCUT2D eigenvalue weighted by Gasteiger charge is -2.22. The van der Waals surface area contributed by atoms with Crippen molar-refractivity contribution in [3.05, 3.63) is 50.0 Å². The molecule has 1 aromatic carbocycles. The lowest BCUT2D eigenvalue weighted by atomic mass is 10.2. The smallest absolute Gasteiger partial charge is 0.291 e. The van der Waals surface area contributed by atoms with Gasteiger partial charge in [-0.3, -0.25) is 14.1 Å². The number of nitrogens with one attached hydrogen (secondary N) is 2. The fourth-order valence-electron chi connectivity index (χ4n) is 4.02. The van der Waals surface area contributed by atoms with E-state index in [0.29, 0.717) is 48.7 Å². The Morgan fingerprint density at radius 3 is 2.62 bits per heavy atom. The first-order valence-corrected chi connectivity index (χ1v) is 13.0. The Hall–Kier alpha value is -1.73. The average Bonchev–Trinajstić information content (AvgIpc) is 3.33. The number of pyridine rings is 1. The number of ether oxygens (including phenoxy) is 1. The highest BCUT2D eigenvalue weighted by atomic mass is 127. The minimum atomic E-state index is -3.87. The molecule has 1 aliphatic heterocycles. The molecular formula is C21H24F2IN3O4S. The topological polar surface area (TPSA) is 89.4 Å². The molecular weight excluding hydrogens is 555 g/mol. The summed E-state index contributed by atoms with van der Waals surface area (Å²) in [7, 11) is -3.87. The lowest BCUT2D eigenvalue weighted by Crippen LogP contribution is -2.33. The van der Waals surface area contributed by atoms with Crippen molar-refractivity contribution in [2.24, 2.45) is 0 Å². The molecule has 174 valence electrons. The van der Waals surface area contributed by atoms with Gasteiger partial charge in [0.2, 0.25) is 15.8 Å². The SMILES string of the molecule is CCCC1(S(=O)(=O)Nc2cn(C3CCCO3)c(=O)c(F)c2Nc2ccc(I)cc2F)CC1. The largest absolute Gasteiger partial charge is 0.358 e. The van der Waals surface area contributed by atoms with E-state index in [2.05, 4.69) is 10.0 Å². The highest BCUT2D eigenvalue weighted by Gasteiger charge is 2.54. The molecule has 2 aromatic rings. The summed E-state index contributed by atoms with van der Waals surface area (Å²) in [4.78, 5) is 12.7. The Bertz CT molecular complexity index is 1190. The molecule has 7 nitrogen and oxygen atoms in total. The number of nitrogens with zero attached hydrogens (tertiary/aromatic N) is 1. The summed E-state index contributed by atoms with van der Waals surface area (Å²) in [6, 6.07) is 4.26. The molecule has 1 aromatic heterocycles. The molecule has 2 heterocycles. The summed E-state index contributed by atoms with van der Waals surface area (Å²) >= 11 is 1.94. The third kappa shape index (κ3) is 4.38. The number of anilines is 3. The van der Waals surface area contributed by atoms with Gasteiger partial charge < -0.3 is 10.1 Å². The molecule has 32 heavy (non-hydrogen) atoms. The molecule has 0 amide bonds. The Kier molecular flexibility index (Phi) is 6.52. The molecule has 1 saturated carbocycles. The summed E-state index contributed by atoms with van der Waals surface area (Å²) in [5.41, 5.74) is -1.62. The zero-order valence-corrected chi connectivity index (χ0v) is 20.4. The van der Waals surface area contributed by atoms with Gasteiger partial charge in [-0.2, -0.15) is 4.39 Å². The maximum absolute atomic E-state index is 15.3. The molecule has 0 bridgehead atoms. The number of aromatic nitrogens is 1. The van der Waals surface area contributed by atoms with Gasteiger partial charge in [0.15, 0.2) is 0 Å². The highest BCUT2D eigenvalue weighted by Crippen LogP contribution is 2.48. The fourth-order valence-corrected chi connectivity index (χ4v) is 6.25. The fraction of sp³-hybridized carbons (Fsp3) is 0.476. The molecule has 1 unspecified atom stereocenters. The van der Waals surface area contributed by atoms with Crippen LogP contribution in [0, 0.1) is 15.2 Å². The van der Waals surface area contributed by atoms with Crippen LogP contribution in [0.4, 0.5) is 25.8 Å². The molecule has 2 aliphatic rings. The molecule has 1 aliphatic carbocycles. The molecule has 11 heteroatoms. The van der Waals surface area contributed by atoms with Crippen LogP contribution in [0.5, 0.6) is 0 Å². The van der Waals surface area contributed by atoms with Gasteiger partial charge in [0, 0.05) is 16.4 Å². The van der Waals surface area contributed by atoms with Gasteiger partial charge in [-0.1, -0.05) is 13.3 Å². The van der Waals surface area contributed by atoms with Crippen LogP contribution in [0.2, 0.25) is 0 Å². The zero-order chi connectivity index (χ0) is 23.1. The van der Waals surface area contributed by atoms with Gasteiger partial charge in [-0.15, -0.1) is 0 Å². The van der Waals surface area contributed by atoms with E-state index >= 15 is 4.39 Å². The minimum Gasteiger partial charge on any atom is -0.358 e. The van der Waals surface area contributed by atoms with Crippen molar-refractivity contribution in [1.29, 1.82) is 0 Å². The van der Waals surface area contributed by atoms with E-state index in [-0.39, 0.29) is 11.4 Å². The first-order chi connectivity index (χ1) is 15.2. The number of sulfonamides is 1. The maximum atomic E-state index is 15.3. The van der Waals surface area contributed by atoms with Crippen LogP contribution in [0.15, 0.2) is 29.2 Å². The first-order valence-electron chi connectivity index (χ1n) is 10.5. The Balaban J connectivity index is 1.80. The predicted octanol–water partition coefficient (Wildman–Crippen LogP) is 4.86. The molecule has 0 spiro atoms. The summed E-state index contributed by atoms with van der Waals surface area (Å²) < 4.78 is 64.8. The van der Waals surface area contributed by atoms with Crippen molar-refractivity contribution in [3.63, 3.8) is 0 Å². The summed E-state index contributed by atoms with van der Waals surface area (Å²) in [5.74, 6) is -1.86. The van der Waals surface area contributed by atoms with Gasteiger partial charge >= 0.3 is 0 Å². The Morgan fingerprint density at radius 1 is 1.28 bits per heavy atom. The minimum absolute atomic E-state index is 0.0753. The lowest BCUT2D eigenvalue weighted by molar-refractivity contribution is 0.0530. The van der Waals surface area contributed by atoms with Crippen LogP contribution < -0.4 is 15.6 Å². The number of hydrogen-bond acceptors (Lipinski definition) is 5. The second-order valence-electron chi connectivity index (χ2n) is 8.20. The molecule has 4 rings (SSSR count). The zero-order valence-electron chi connectivity index (χ0n) is 17.5. The van der Waals surface area contributed by atoms with E-state index < -0.39 is 43.9 Å². The monoisotopic (exact) mass is 579 g/mol. The standard InChI is InChI=1S/C21H24F2IN3O4S/c1-2-7-21(8-9-21)32(29,30)26-16-12-27(17-4-3-10-31-17)20(28)18(23)19(16)25-15-6-5-13(24)11-14(15)22/h5-6,11-12,17,25-26H,2-4,7-10H2,1H3. The summed E-state index contributed by atoms with van der Waals surface area (Å²) in [6.07, 6.45) is 3.95. The highest BCUT2D eigenvalue weighted by molar-refractivity contribution is 14.1. The third-order valence-electron chi connectivity index (χ3n) is 5.91. The quantitative estimate of drug-likeness (QED) is 0.437. The molecule has 2 N–H and O–H groups in total. The second kappa shape index (κ2) is 8.90. The Labute approximate surface area is 198 Å². The van der Waals surface area contributed by atoms with Crippen LogP contribution in [0.3, 0.4) is 0 Å². The van der Waals surface area contributed by atoms with Crippen molar-refractivity contribution >= 4 is 49.7 Å². The Morgan fingerprint density at radius 2 is 2.03 bits per heavy atom. The van der Waals surface area contributed by atoms with Crippen molar-refractivity contribution in [2.45, 2.75) is 56.4 Å². The van der Waals surface area contributed by atoms with E-state index in [0.717, 1.165) is 4.57 Å². The van der Waals surface area contributed by atoms with Crippen molar-refractivity contribution in [3.8, 4) is 0 Å². The van der Waals surface area contributed by atoms with E-state index in [9.17, 15) is 17.6 Å². The van der Waals surface area contributed by atoms with Gasteiger partial charge in [0.25, 0.3) is 5.56 Å². The van der Waals surface area contributed by atoms with Crippen LogP contribution in [-0.2, 0) is 14.8 Å². The van der Waals surface area contributed by atoms with Crippen LogP contribution >= 0.6 is 22.6 Å². The maximum Gasteiger partial charge on any atom is 0.291 e. The summed E-state index contributed by atoms with van der Waals surface area (Å²) in [5, 5.41) is 2.59. The van der Waals surface area contributed by atoms with Crippen LogP contribution in [0.1, 0.15) is 51.7 Å². The number of hydrogen-bond donors (Lipinski definition) is 2. The number of benzene rings is 1. The van der Waals surface area contributed by atoms with E-state index in [4.69, 9.17) is 4.74 Å². The van der Waals surface area contributed by atoms with Crippen molar-refractivity contribution in [1.82, 2.24) is 4.57 Å². The third-order valence-corrected chi connectivity index (χ3v) is 8.83. The van der Waals surface area contributed by atoms with E-state index in [1.807, 2.05) is 29.5 Å². The normalized spacial score (nSPS) is 19.7. The van der Waals surface area contributed by atoms with E-state index in [1.165, 1.54) is 18.3 Å². The number of halogens is 3. The number of rotatable bonds is 8. The molecule has 2 fully saturated rings. The van der Waals surface area contributed by atoms with Gasteiger partial charge in [-0.25, -0.2) is 12.8 Å². The van der Waals surface area contributed by atoms with Crippen LogP contribution in [0.25, 0.3) is 0 Å².